The van der Waals surface area contributed by atoms with E-state index in [9.17, 15) is 10.1 Å². The molecule has 0 bridgehead atoms. The third-order valence-electron chi connectivity index (χ3n) is 3.75. The molecule has 0 spiro atoms. The van der Waals surface area contributed by atoms with Crippen LogP contribution >= 0.6 is 31.9 Å². The van der Waals surface area contributed by atoms with Crippen molar-refractivity contribution in [3.8, 4) is 11.8 Å². The van der Waals surface area contributed by atoms with Gasteiger partial charge in [0.2, 0.25) is 0 Å². The molecule has 0 unspecified atom stereocenters. The molecule has 28 heavy (non-hydrogen) atoms. The monoisotopic (exact) mass is 506 g/mol. The van der Waals surface area contributed by atoms with Gasteiger partial charge in [-0.25, -0.2) is 0 Å². The van der Waals surface area contributed by atoms with Crippen LogP contribution in [0.4, 0.5) is 0 Å². The average molecular weight is 508 g/mol. The van der Waals surface area contributed by atoms with Crippen molar-refractivity contribution in [1.82, 2.24) is 5.32 Å². The van der Waals surface area contributed by atoms with E-state index in [4.69, 9.17) is 9.47 Å². The van der Waals surface area contributed by atoms with Gasteiger partial charge in [-0.15, -0.1) is 0 Å². The topological polar surface area (TPSA) is 71.3 Å². The molecule has 0 aromatic heterocycles. The van der Waals surface area contributed by atoms with E-state index in [0.29, 0.717) is 31.9 Å². The molecule has 0 radical (unpaired) electrons. The molecule has 0 fully saturated rings. The fraction of sp³-hybridized carbons (Fsp3) is 0.238. The molecule has 7 heteroatoms. The Kier molecular flexibility index (Phi) is 9.21. The summed E-state index contributed by atoms with van der Waals surface area (Å²) in [6.45, 7) is 1.45. The number of methoxy groups -OCH3 is 1. The number of ether oxygens (including phenoxy) is 2. The van der Waals surface area contributed by atoms with Gasteiger partial charge in [-0.05, 0) is 63.8 Å². The molecule has 1 amide bonds. The number of hydrogen-bond acceptors (Lipinski definition) is 4. The summed E-state index contributed by atoms with van der Waals surface area (Å²) in [5.74, 6) is 0.285. The van der Waals surface area contributed by atoms with Crippen molar-refractivity contribution in [3.63, 3.8) is 0 Å². The van der Waals surface area contributed by atoms with E-state index in [0.717, 1.165) is 20.1 Å². The van der Waals surface area contributed by atoms with Gasteiger partial charge in [0, 0.05) is 24.7 Å². The number of nitrogens with zero attached hydrogens (tertiary/aromatic N) is 1. The Morgan fingerprint density at radius 2 is 1.96 bits per heavy atom. The number of carbonyl (C=O) groups excluding carboxylic acids is 1. The van der Waals surface area contributed by atoms with Gasteiger partial charge in [-0.3, -0.25) is 4.79 Å². The molecule has 0 aliphatic heterocycles. The predicted octanol–water partition coefficient (Wildman–Crippen LogP) is 4.85. The van der Waals surface area contributed by atoms with Crippen LogP contribution in [0.3, 0.4) is 0 Å². The highest BCUT2D eigenvalue weighted by atomic mass is 79.9. The minimum Gasteiger partial charge on any atom is -0.488 e. The first-order valence-electron chi connectivity index (χ1n) is 8.59. The van der Waals surface area contributed by atoms with E-state index in [1.165, 1.54) is 0 Å². The number of carbonyl (C=O) groups is 1. The molecule has 2 aromatic rings. The number of halogens is 2. The van der Waals surface area contributed by atoms with Gasteiger partial charge < -0.3 is 14.8 Å². The lowest BCUT2D eigenvalue weighted by Crippen LogP contribution is -2.26. The van der Waals surface area contributed by atoms with Crippen molar-refractivity contribution in [3.05, 3.63) is 68.1 Å². The minimum atomic E-state index is -0.398. The van der Waals surface area contributed by atoms with Crippen molar-refractivity contribution in [1.29, 1.82) is 5.26 Å². The zero-order chi connectivity index (χ0) is 20.4. The molecule has 0 heterocycles. The van der Waals surface area contributed by atoms with E-state index in [2.05, 4.69) is 37.2 Å². The number of nitriles is 1. The number of benzene rings is 2. The van der Waals surface area contributed by atoms with Crippen molar-refractivity contribution in [2.24, 2.45) is 0 Å². The molecule has 0 saturated heterocycles. The van der Waals surface area contributed by atoms with E-state index in [1.54, 1.807) is 25.3 Å². The van der Waals surface area contributed by atoms with E-state index >= 15 is 0 Å². The Morgan fingerprint density at radius 1 is 1.21 bits per heavy atom. The van der Waals surface area contributed by atoms with Crippen LogP contribution in [0.15, 0.2) is 57.0 Å². The van der Waals surface area contributed by atoms with E-state index in [-0.39, 0.29) is 5.57 Å². The summed E-state index contributed by atoms with van der Waals surface area (Å²) in [6.07, 6.45) is 2.24. The first-order chi connectivity index (χ1) is 13.5. The maximum Gasteiger partial charge on any atom is 0.261 e. The largest absolute Gasteiger partial charge is 0.488 e. The van der Waals surface area contributed by atoms with Crippen LogP contribution in [0.1, 0.15) is 17.5 Å². The fourth-order valence-corrected chi connectivity index (χ4v) is 3.07. The van der Waals surface area contributed by atoms with Gasteiger partial charge in [0.1, 0.15) is 24.0 Å². The molecule has 0 aliphatic rings. The second-order valence-corrected chi connectivity index (χ2v) is 7.65. The maximum atomic E-state index is 12.1. The van der Waals surface area contributed by atoms with Crippen LogP contribution < -0.4 is 10.1 Å². The summed E-state index contributed by atoms with van der Waals surface area (Å²) >= 11 is 6.89. The molecular weight excluding hydrogens is 488 g/mol. The summed E-state index contributed by atoms with van der Waals surface area (Å²) in [6, 6.07) is 15.3. The second kappa shape index (κ2) is 11.6. The van der Waals surface area contributed by atoms with Gasteiger partial charge >= 0.3 is 0 Å². The third-order valence-corrected chi connectivity index (χ3v) is 4.90. The Labute approximate surface area is 181 Å². The summed E-state index contributed by atoms with van der Waals surface area (Å²) < 4.78 is 12.5. The predicted molar refractivity (Wildman–Crippen MR) is 116 cm³/mol. The van der Waals surface area contributed by atoms with Crippen molar-refractivity contribution in [2.75, 3.05) is 20.3 Å². The smallest absolute Gasteiger partial charge is 0.261 e. The zero-order valence-corrected chi connectivity index (χ0v) is 18.5. The van der Waals surface area contributed by atoms with Crippen LogP contribution in [0, 0.1) is 11.3 Å². The lowest BCUT2D eigenvalue weighted by molar-refractivity contribution is -0.117. The van der Waals surface area contributed by atoms with E-state index < -0.39 is 5.91 Å². The molecule has 5 nitrogen and oxygen atoms in total. The molecule has 2 aromatic carbocycles. The number of amides is 1. The van der Waals surface area contributed by atoms with Crippen LogP contribution in [-0.4, -0.2) is 26.2 Å². The normalized spacial score (nSPS) is 11.0. The van der Waals surface area contributed by atoms with Gasteiger partial charge in [0.05, 0.1) is 4.47 Å². The lowest BCUT2D eigenvalue weighted by atomic mass is 10.1. The molecule has 0 aliphatic carbocycles. The highest BCUT2D eigenvalue weighted by Gasteiger charge is 2.09. The minimum absolute atomic E-state index is 0.0489. The summed E-state index contributed by atoms with van der Waals surface area (Å²) in [7, 11) is 1.60. The van der Waals surface area contributed by atoms with Crippen LogP contribution in [-0.2, 0) is 16.1 Å². The van der Waals surface area contributed by atoms with Gasteiger partial charge in [-0.1, -0.05) is 34.1 Å². The molecule has 0 atom stereocenters. The van der Waals surface area contributed by atoms with E-state index in [1.807, 2.05) is 36.4 Å². The summed E-state index contributed by atoms with van der Waals surface area (Å²) in [5.41, 5.74) is 1.83. The number of rotatable bonds is 9. The Hall–Kier alpha value is -2.14. The first kappa shape index (κ1) is 22.2. The highest BCUT2D eigenvalue weighted by molar-refractivity contribution is 9.10. The molecule has 146 valence electrons. The molecule has 2 rings (SSSR count). The first-order valence-corrected chi connectivity index (χ1v) is 10.2. The van der Waals surface area contributed by atoms with Gasteiger partial charge in [0.15, 0.2) is 0 Å². The van der Waals surface area contributed by atoms with Crippen LogP contribution in [0.25, 0.3) is 6.08 Å². The van der Waals surface area contributed by atoms with Crippen LogP contribution in [0.5, 0.6) is 5.75 Å². The Morgan fingerprint density at radius 3 is 2.61 bits per heavy atom. The van der Waals surface area contributed by atoms with Gasteiger partial charge in [-0.2, -0.15) is 5.26 Å². The van der Waals surface area contributed by atoms with Crippen molar-refractivity contribution in [2.45, 2.75) is 13.0 Å². The van der Waals surface area contributed by atoms with Crippen molar-refractivity contribution < 1.29 is 14.3 Å². The Bertz CT molecular complexity index is 874. The molecule has 0 saturated carbocycles. The molecular formula is C21H20Br2N2O3. The number of hydrogen-bond donors (Lipinski definition) is 1. The quantitative estimate of drug-likeness (QED) is 0.299. The zero-order valence-electron chi connectivity index (χ0n) is 15.4. The fourth-order valence-electron chi connectivity index (χ4n) is 2.29. The third kappa shape index (κ3) is 7.12. The summed E-state index contributed by atoms with van der Waals surface area (Å²) in [4.78, 5) is 12.1. The van der Waals surface area contributed by atoms with Crippen LogP contribution in [0.2, 0.25) is 0 Å². The van der Waals surface area contributed by atoms with Crippen molar-refractivity contribution >= 4 is 43.8 Å². The Balaban J connectivity index is 2.01. The lowest BCUT2D eigenvalue weighted by Gasteiger charge is -2.09. The van der Waals surface area contributed by atoms with Gasteiger partial charge in [0.25, 0.3) is 5.91 Å². The SMILES string of the molecule is COCCCNC(=O)/C(C#N)=C/c1ccc(OCc2ccc(Br)cc2)c(Br)c1. The standard InChI is InChI=1S/C21H20Br2N2O3/c1-27-10-2-9-25-21(26)17(13-24)11-16-5-8-20(19(23)12-16)28-14-15-3-6-18(22)7-4-15/h3-8,11-12H,2,9-10,14H2,1H3,(H,25,26)/b17-11+. The maximum absolute atomic E-state index is 12.1. The highest BCUT2D eigenvalue weighted by Crippen LogP contribution is 2.28. The summed E-state index contributed by atoms with van der Waals surface area (Å²) in [5, 5.41) is 12.0. The second-order valence-electron chi connectivity index (χ2n) is 5.88. The average Bonchev–Trinajstić information content (AvgIpc) is 2.70. The molecule has 1 N–H and O–H groups in total. The number of nitrogens with one attached hydrogen (secondary N) is 1.